The highest BCUT2D eigenvalue weighted by atomic mass is 32.2. The summed E-state index contributed by atoms with van der Waals surface area (Å²) in [7, 11) is -3.84. The van der Waals surface area contributed by atoms with Crippen LogP contribution >= 0.6 is 0 Å². The minimum Gasteiger partial charge on any atom is -0.382 e. The van der Waals surface area contributed by atoms with Crippen molar-refractivity contribution in [2.75, 3.05) is 11.5 Å². The number of alkyl halides is 4. The monoisotopic (exact) mass is 507 g/mol. The molecule has 1 aromatic rings. The number of sulfone groups is 1. The van der Waals surface area contributed by atoms with Gasteiger partial charge in [-0.2, -0.15) is 5.26 Å². The number of aliphatic hydroxyl groups is 1. The Balaban J connectivity index is 2.36. The van der Waals surface area contributed by atoms with E-state index >= 15 is 0 Å². The maximum Gasteiger partial charge on any atom is 0.268 e. The van der Waals surface area contributed by atoms with Crippen LogP contribution in [0.1, 0.15) is 56.9 Å². The molecule has 1 aliphatic rings. The second kappa shape index (κ2) is 10.6. The maximum absolute atomic E-state index is 14.6. The summed E-state index contributed by atoms with van der Waals surface area (Å²) in [5, 5.41) is 23.6. The zero-order valence-corrected chi connectivity index (χ0v) is 19.9. The zero-order chi connectivity index (χ0) is 25.9. The van der Waals surface area contributed by atoms with Gasteiger partial charge in [-0.05, 0) is 29.9 Å². The standard InChI is InChI=1S/C22H29F4N3O4S/c1-13(2)10-34(32,33)11-16(20(31)29-22(12-27)8-9-22)28-18(21(3,25)26)15-6-4-14(5-7-15)17(30)19(23)24/h4-7,13,16-19,28,30H,8-11H2,1-3H3,(H,29,31). The molecule has 1 saturated carbocycles. The Hall–Kier alpha value is -2.23. The molecule has 3 unspecified atom stereocenters. The van der Waals surface area contributed by atoms with Crippen molar-refractivity contribution in [1.29, 1.82) is 5.26 Å². The van der Waals surface area contributed by atoms with E-state index < -0.39 is 57.6 Å². The van der Waals surface area contributed by atoms with Crippen molar-refractivity contribution in [3.8, 4) is 6.07 Å². The summed E-state index contributed by atoms with van der Waals surface area (Å²) >= 11 is 0. The van der Waals surface area contributed by atoms with E-state index in [0.717, 1.165) is 24.3 Å². The van der Waals surface area contributed by atoms with Gasteiger partial charge in [-0.25, -0.2) is 26.0 Å². The van der Waals surface area contributed by atoms with Crippen LogP contribution in [-0.2, 0) is 14.6 Å². The number of aliphatic hydroxyl groups excluding tert-OH is 1. The number of hydrogen-bond acceptors (Lipinski definition) is 6. The van der Waals surface area contributed by atoms with Crippen LogP contribution in [-0.4, -0.2) is 54.9 Å². The Bertz CT molecular complexity index is 1000. The van der Waals surface area contributed by atoms with Gasteiger partial charge in [-0.15, -0.1) is 0 Å². The number of carbonyl (C=O) groups is 1. The molecule has 1 amide bonds. The van der Waals surface area contributed by atoms with E-state index in [2.05, 4.69) is 10.6 Å². The molecule has 0 spiro atoms. The van der Waals surface area contributed by atoms with Gasteiger partial charge in [-0.3, -0.25) is 10.1 Å². The molecule has 0 heterocycles. The second-order valence-corrected chi connectivity index (χ2v) is 11.4. The van der Waals surface area contributed by atoms with Gasteiger partial charge >= 0.3 is 0 Å². The van der Waals surface area contributed by atoms with Gasteiger partial charge in [0, 0.05) is 6.92 Å². The third-order valence-corrected chi connectivity index (χ3v) is 7.39. The molecule has 0 bridgehead atoms. The van der Waals surface area contributed by atoms with Crippen molar-refractivity contribution in [2.45, 2.75) is 69.7 Å². The largest absolute Gasteiger partial charge is 0.382 e. The molecular formula is C22H29F4N3O4S. The lowest BCUT2D eigenvalue weighted by Gasteiger charge is -2.30. The molecule has 3 N–H and O–H groups in total. The first-order valence-electron chi connectivity index (χ1n) is 10.7. The molecule has 34 heavy (non-hydrogen) atoms. The highest BCUT2D eigenvalue weighted by Gasteiger charge is 2.47. The smallest absolute Gasteiger partial charge is 0.268 e. The number of rotatable bonds is 12. The first-order chi connectivity index (χ1) is 15.6. The van der Waals surface area contributed by atoms with Gasteiger partial charge in [0.1, 0.15) is 17.7 Å². The fourth-order valence-electron chi connectivity index (χ4n) is 3.51. The molecule has 1 fully saturated rings. The van der Waals surface area contributed by atoms with Crippen molar-refractivity contribution < 1.29 is 35.9 Å². The Kier molecular flexibility index (Phi) is 8.72. The van der Waals surface area contributed by atoms with Gasteiger partial charge in [0.05, 0.1) is 23.6 Å². The van der Waals surface area contributed by atoms with Crippen molar-refractivity contribution in [1.82, 2.24) is 10.6 Å². The molecule has 1 aliphatic carbocycles. The van der Waals surface area contributed by atoms with Crippen molar-refractivity contribution >= 4 is 15.7 Å². The van der Waals surface area contributed by atoms with E-state index in [4.69, 9.17) is 0 Å². The van der Waals surface area contributed by atoms with E-state index in [1.165, 1.54) is 0 Å². The molecule has 0 radical (unpaired) electrons. The molecule has 190 valence electrons. The molecule has 0 aromatic heterocycles. The lowest BCUT2D eigenvalue weighted by molar-refractivity contribution is -0.124. The Morgan fingerprint density at radius 1 is 1.18 bits per heavy atom. The third kappa shape index (κ3) is 7.65. The number of halogens is 4. The van der Waals surface area contributed by atoms with Crippen LogP contribution in [0.3, 0.4) is 0 Å². The predicted octanol–water partition coefficient (Wildman–Crippen LogP) is 2.88. The SMILES string of the molecule is CC(C)CS(=O)(=O)CC(NC(c1ccc(C(O)C(F)F)cc1)C(C)(F)F)C(=O)NC1(C#N)CC1. The van der Waals surface area contributed by atoms with Gasteiger partial charge < -0.3 is 10.4 Å². The van der Waals surface area contributed by atoms with Gasteiger partial charge in [0.2, 0.25) is 5.91 Å². The summed E-state index contributed by atoms with van der Waals surface area (Å²) in [6.07, 6.45) is -4.44. The lowest BCUT2D eigenvalue weighted by Crippen LogP contribution is -2.54. The van der Waals surface area contributed by atoms with Crippen molar-refractivity contribution in [3.63, 3.8) is 0 Å². The fourth-order valence-corrected chi connectivity index (χ4v) is 5.42. The van der Waals surface area contributed by atoms with Crippen LogP contribution in [0.4, 0.5) is 17.6 Å². The Morgan fingerprint density at radius 3 is 2.12 bits per heavy atom. The molecule has 0 saturated heterocycles. The highest BCUT2D eigenvalue weighted by molar-refractivity contribution is 7.91. The number of carbonyl (C=O) groups excluding carboxylic acids is 1. The quantitative estimate of drug-likeness (QED) is 0.375. The number of hydrogen-bond donors (Lipinski definition) is 3. The normalized spacial score (nSPS) is 18.3. The average Bonchev–Trinajstić information content (AvgIpc) is 3.48. The summed E-state index contributed by atoms with van der Waals surface area (Å²) in [6, 6.07) is 2.81. The molecule has 3 atom stereocenters. The molecular weight excluding hydrogens is 478 g/mol. The number of nitrogens with zero attached hydrogens (tertiary/aromatic N) is 1. The summed E-state index contributed by atoms with van der Waals surface area (Å²) in [4.78, 5) is 12.9. The van der Waals surface area contributed by atoms with Crippen LogP contribution in [0.2, 0.25) is 0 Å². The number of nitrogens with one attached hydrogen (secondary N) is 2. The van der Waals surface area contributed by atoms with Crippen LogP contribution in [0.5, 0.6) is 0 Å². The topological polar surface area (TPSA) is 119 Å². The van der Waals surface area contributed by atoms with Crippen LogP contribution in [0.15, 0.2) is 24.3 Å². The minimum atomic E-state index is -3.84. The van der Waals surface area contributed by atoms with Crippen LogP contribution in [0, 0.1) is 17.2 Å². The number of amides is 1. The Morgan fingerprint density at radius 2 is 1.71 bits per heavy atom. The summed E-state index contributed by atoms with van der Waals surface area (Å²) < 4.78 is 79.8. The first-order valence-corrected chi connectivity index (χ1v) is 12.5. The first kappa shape index (κ1) is 28.0. The number of nitriles is 1. The van der Waals surface area contributed by atoms with E-state index in [0.29, 0.717) is 19.8 Å². The minimum absolute atomic E-state index is 0.0989. The molecule has 2 rings (SSSR count). The van der Waals surface area contributed by atoms with Crippen LogP contribution in [0.25, 0.3) is 0 Å². The van der Waals surface area contributed by atoms with Crippen molar-refractivity contribution in [3.05, 3.63) is 35.4 Å². The molecule has 1 aromatic carbocycles. The van der Waals surface area contributed by atoms with E-state index in [1.54, 1.807) is 13.8 Å². The van der Waals surface area contributed by atoms with Gasteiger partial charge in [-0.1, -0.05) is 38.1 Å². The van der Waals surface area contributed by atoms with Crippen molar-refractivity contribution in [2.24, 2.45) is 5.92 Å². The average molecular weight is 508 g/mol. The molecule has 12 heteroatoms. The fraction of sp³-hybridized carbons (Fsp3) is 0.636. The summed E-state index contributed by atoms with van der Waals surface area (Å²) in [5.74, 6) is -5.69. The number of benzene rings is 1. The molecule has 0 aliphatic heterocycles. The molecule has 7 nitrogen and oxygen atoms in total. The summed E-state index contributed by atoms with van der Waals surface area (Å²) in [5.41, 5.74) is -1.43. The Labute approximate surface area is 196 Å². The van der Waals surface area contributed by atoms with E-state index in [-0.39, 0.29) is 22.8 Å². The predicted molar refractivity (Wildman–Crippen MR) is 117 cm³/mol. The second-order valence-electron chi connectivity index (χ2n) is 9.21. The maximum atomic E-state index is 14.6. The summed E-state index contributed by atoms with van der Waals surface area (Å²) in [6.45, 7) is 3.89. The van der Waals surface area contributed by atoms with Crippen LogP contribution < -0.4 is 10.6 Å². The highest BCUT2D eigenvalue weighted by Crippen LogP contribution is 2.35. The van der Waals surface area contributed by atoms with E-state index in [1.807, 2.05) is 6.07 Å². The third-order valence-electron chi connectivity index (χ3n) is 5.38. The van der Waals surface area contributed by atoms with Gasteiger partial charge in [0.25, 0.3) is 12.3 Å². The van der Waals surface area contributed by atoms with E-state index in [9.17, 15) is 41.1 Å². The lowest BCUT2D eigenvalue weighted by atomic mass is 9.98. The zero-order valence-electron chi connectivity index (χ0n) is 19.1. The van der Waals surface area contributed by atoms with Gasteiger partial charge in [0.15, 0.2) is 9.84 Å².